The summed E-state index contributed by atoms with van der Waals surface area (Å²) in [6.07, 6.45) is 0. The minimum atomic E-state index is -0.930. The molecule has 4 nitrogen and oxygen atoms in total. The second-order valence-electron chi connectivity index (χ2n) is 4.52. The summed E-state index contributed by atoms with van der Waals surface area (Å²) in [4.78, 5) is 12.9. The number of carboxylic acid groups (broad SMARTS) is 1. The first kappa shape index (κ1) is 13.6. The summed E-state index contributed by atoms with van der Waals surface area (Å²) in [6, 6.07) is 16.3. The molecule has 20 heavy (non-hydrogen) atoms. The third-order valence-electron chi connectivity index (χ3n) is 3.01. The van der Waals surface area contributed by atoms with Crippen LogP contribution in [0.15, 0.2) is 48.5 Å². The van der Waals surface area contributed by atoms with Crippen LogP contribution in [0.5, 0.6) is 0 Å². The maximum Gasteiger partial charge on any atom is 0.335 e. The molecule has 0 bridgehead atoms. The Hall–Kier alpha value is -2.80. The van der Waals surface area contributed by atoms with Gasteiger partial charge in [0.05, 0.1) is 17.2 Å². The van der Waals surface area contributed by atoms with Crippen LogP contribution in [-0.4, -0.2) is 18.1 Å². The van der Waals surface area contributed by atoms with Gasteiger partial charge >= 0.3 is 5.97 Å². The van der Waals surface area contributed by atoms with E-state index in [9.17, 15) is 4.79 Å². The van der Waals surface area contributed by atoms with Crippen molar-refractivity contribution in [2.24, 2.45) is 0 Å². The number of carboxylic acids is 1. The molecule has 2 aromatic carbocycles. The maximum absolute atomic E-state index is 10.9. The lowest BCUT2D eigenvalue weighted by Crippen LogP contribution is -2.16. The highest BCUT2D eigenvalue weighted by atomic mass is 16.4. The van der Waals surface area contributed by atoms with Crippen molar-refractivity contribution in [2.75, 3.05) is 11.9 Å². The molecule has 0 aliphatic heterocycles. The van der Waals surface area contributed by atoms with Crippen LogP contribution < -0.4 is 4.90 Å². The van der Waals surface area contributed by atoms with Crippen molar-refractivity contribution in [1.82, 2.24) is 0 Å². The molecule has 0 spiro atoms. The molecule has 0 saturated heterocycles. The van der Waals surface area contributed by atoms with Gasteiger partial charge in [-0.1, -0.05) is 18.2 Å². The summed E-state index contributed by atoms with van der Waals surface area (Å²) in [5.74, 6) is -0.930. The van der Waals surface area contributed by atoms with E-state index in [1.54, 1.807) is 30.3 Å². The molecule has 0 radical (unpaired) electrons. The lowest BCUT2D eigenvalue weighted by Gasteiger charge is -2.19. The number of carbonyl (C=O) groups is 1. The van der Waals surface area contributed by atoms with Crippen LogP contribution in [0.2, 0.25) is 0 Å². The predicted octanol–water partition coefficient (Wildman–Crippen LogP) is 2.89. The number of hydrogen-bond donors (Lipinski definition) is 1. The Balaban J connectivity index is 2.19. The van der Waals surface area contributed by atoms with Gasteiger partial charge in [0.1, 0.15) is 0 Å². The number of rotatable bonds is 4. The molecule has 0 aromatic heterocycles. The van der Waals surface area contributed by atoms with Gasteiger partial charge in [-0.25, -0.2) is 4.79 Å². The van der Waals surface area contributed by atoms with Gasteiger partial charge in [0, 0.05) is 19.3 Å². The summed E-state index contributed by atoms with van der Waals surface area (Å²) >= 11 is 0. The Labute approximate surface area is 117 Å². The minimum absolute atomic E-state index is 0.279. The Morgan fingerprint density at radius 3 is 2.70 bits per heavy atom. The molecule has 100 valence electrons. The van der Waals surface area contributed by atoms with Gasteiger partial charge in [-0.2, -0.15) is 5.26 Å². The fourth-order valence-electron chi connectivity index (χ4n) is 1.98. The Kier molecular flexibility index (Phi) is 4.02. The highest BCUT2D eigenvalue weighted by Crippen LogP contribution is 2.17. The first-order valence-electron chi connectivity index (χ1n) is 6.13. The molecule has 0 aliphatic carbocycles. The molecule has 4 heteroatoms. The van der Waals surface area contributed by atoms with Crippen molar-refractivity contribution in [3.8, 4) is 6.07 Å². The van der Waals surface area contributed by atoms with E-state index in [1.807, 2.05) is 30.1 Å². The number of anilines is 1. The van der Waals surface area contributed by atoms with E-state index in [0.717, 1.165) is 11.3 Å². The first-order chi connectivity index (χ1) is 9.60. The molecule has 0 unspecified atom stereocenters. The van der Waals surface area contributed by atoms with Crippen molar-refractivity contribution < 1.29 is 9.90 Å². The molecule has 0 fully saturated rings. The van der Waals surface area contributed by atoms with Crippen molar-refractivity contribution >= 4 is 11.7 Å². The molecule has 2 aromatic rings. The molecular formula is C16H14N2O2. The van der Waals surface area contributed by atoms with Crippen molar-refractivity contribution in [2.45, 2.75) is 6.54 Å². The van der Waals surface area contributed by atoms with Crippen LogP contribution in [0.1, 0.15) is 21.5 Å². The van der Waals surface area contributed by atoms with Crippen molar-refractivity contribution in [3.63, 3.8) is 0 Å². The largest absolute Gasteiger partial charge is 0.478 e. The topological polar surface area (TPSA) is 64.3 Å². The van der Waals surface area contributed by atoms with Gasteiger partial charge in [-0.3, -0.25) is 0 Å². The van der Waals surface area contributed by atoms with Crippen LogP contribution in [0.3, 0.4) is 0 Å². The zero-order valence-electron chi connectivity index (χ0n) is 11.1. The molecule has 0 aliphatic rings. The van der Waals surface area contributed by atoms with E-state index >= 15 is 0 Å². The average Bonchev–Trinajstić information content (AvgIpc) is 2.47. The van der Waals surface area contributed by atoms with Gasteiger partial charge in [0.25, 0.3) is 0 Å². The Morgan fingerprint density at radius 2 is 2.00 bits per heavy atom. The number of aromatic carboxylic acids is 1. The SMILES string of the molecule is CN(Cc1cccc(C(=O)O)c1)c1cccc(C#N)c1. The minimum Gasteiger partial charge on any atom is -0.478 e. The average molecular weight is 266 g/mol. The van der Waals surface area contributed by atoms with E-state index in [-0.39, 0.29) is 5.56 Å². The Bertz CT molecular complexity index is 674. The standard InChI is InChI=1S/C16H14N2O2/c1-18(15-7-3-4-12(9-15)10-17)11-13-5-2-6-14(8-13)16(19)20/h2-9H,11H2,1H3,(H,19,20). The molecule has 2 rings (SSSR count). The summed E-state index contributed by atoms with van der Waals surface area (Å²) in [5, 5.41) is 17.9. The highest BCUT2D eigenvalue weighted by molar-refractivity contribution is 5.87. The van der Waals surface area contributed by atoms with Crippen LogP contribution in [0.4, 0.5) is 5.69 Å². The molecule has 0 atom stereocenters. The molecule has 0 saturated carbocycles. The second kappa shape index (κ2) is 5.89. The summed E-state index contributed by atoms with van der Waals surface area (Å²) in [5.41, 5.74) is 2.72. The molecule has 1 N–H and O–H groups in total. The first-order valence-corrected chi connectivity index (χ1v) is 6.13. The van der Waals surface area contributed by atoms with Crippen LogP contribution in [0, 0.1) is 11.3 Å². The third kappa shape index (κ3) is 3.15. The Morgan fingerprint density at radius 1 is 1.25 bits per heavy atom. The second-order valence-corrected chi connectivity index (χ2v) is 4.52. The zero-order valence-corrected chi connectivity index (χ0v) is 11.1. The summed E-state index contributed by atoms with van der Waals surface area (Å²) in [7, 11) is 1.91. The third-order valence-corrected chi connectivity index (χ3v) is 3.01. The molecule has 0 heterocycles. The molecule has 0 amide bonds. The fraction of sp³-hybridized carbons (Fsp3) is 0.125. The molecular weight excluding hydrogens is 252 g/mol. The van der Waals surface area contributed by atoms with Gasteiger partial charge in [0.15, 0.2) is 0 Å². The van der Waals surface area contributed by atoms with Gasteiger partial charge in [-0.05, 0) is 35.9 Å². The number of nitriles is 1. The predicted molar refractivity (Wildman–Crippen MR) is 76.7 cm³/mol. The highest BCUT2D eigenvalue weighted by Gasteiger charge is 2.06. The summed E-state index contributed by atoms with van der Waals surface area (Å²) < 4.78 is 0. The maximum atomic E-state index is 10.9. The number of hydrogen-bond acceptors (Lipinski definition) is 3. The van der Waals surface area contributed by atoms with Crippen molar-refractivity contribution in [3.05, 3.63) is 65.2 Å². The lowest BCUT2D eigenvalue weighted by molar-refractivity contribution is 0.0696. The quantitative estimate of drug-likeness (QED) is 0.924. The van der Waals surface area contributed by atoms with Crippen LogP contribution in [-0.2, 0) is 6.54 Å². The zero-order chi connectivity index (χ0) is 14.5. The van der Waals surface area contributed by atoms with Gasteiger partial charge < -0.3 is 10.0 Å². The smallest absolute Gasteiger partial charge is 0.335 e. The number of nitrogens with zero attached hydrogens (tertiary/aromatic N) is 2. The van der Waals surface area contributed by atoms with E-state index in [1.165, 1.54) is 0 Å². The van der Waals surface area contributed by atoms with E-state index in [0.29, 0.717) is 12.1 Å². The lowest BCUT2D eigenvalue weighted by atomic mass is 10.1. The van der Waals surface area contributed by atoms with Crippen LogP contribution >= 0.6 is 0 Å². The monoisotopic (exact) mass is 266 g/mol. The normalized spacial score (nSPS) is 9.80. The van der Waals surface area contributed by atoms with Gasteiger partial charge in [0.2, 0.25) is 0 Å². The van der Waals surface area contributed by atoms with E-state index in [4.69, 9.17) is 10.4 Å². The van der Waals surface area contributed by atoms with Crippen molar-refractivity contribution in [1.29, 1.82) is 5.26 Å². The van der Waals surface area contributed by atoms with Gasteiger partial charge in [-0.15, -0.1) is 0 Å². The van der Waals surface area contributed by atoms with E-state index < -0.39 is 5.97 Å². The van der Waals surface area contributed by atoms with E-state index in [2.05, 4.69) is 6.07 Å². The number of benzene rings is 2. The summed E-state index contributed by atoms with van der Waals surface area (Å²) in [6.45, 7) is 0.579. The van der Waals surface area contributed by atoms with Crippen LogP contribution in [0.25, 0.3) is 0 Å². The fourth-order valence-corrected chi connectivity index (χ4v) is 1.98.